The Balaban J connectivity index is 0.000000195. The Morgan fingerprint density at radius 3 is 1.27 bits per heavy atom. The normalized spacial score (nSPS) is 25.7. The highest BCUT2D eigenvalue weighted by atomic mass is 16.3. The molecule has 1 atom stereocenters. The molecular weight excluding hydrogens is 326 g/mol. The number of hydrogen-bond acceptors (Lipinski definition) is 5. The van der Waals surface area contributed by atoms with E-state index in [1.165, 1.54) is 32.4 Å². The lowest BCUT2D eigenvalue weighted by atomic mass is 10.1. The fourth-order valence-electron chi connectivity index (χ4n) is 3.58. The van der Waals surface area contributed by atoms with Crippen molar-refractivity contribution >= 4 is 0 Å². The van der Waals surface area contributed by atoms with Gasteiger partial charge in [-0.05, 0) is 73.9 Å². The molecule has 0 saturated carbocycles. The van der Waals surface area contributed by atoms with Crippen molar-refractivity contribution in [3.05, 3.63) is 0 Å². The van der Waals surface area contributed by atoms with E-state index in [0.717, 1.165) is 38.6 Å². The van der Waals surface area contributed by atoms with E-state index in [1.54, 1.807) is 0 Å². The molecule has 3 saturated heterocycles. The Kier molecular flexibility index (Phi) is 11.3. The van der Waals surface area contributed by atoms with Crippen LogP contribution in [0.25, 0.3) is 0 Å². The Hall–Kier alpha value is -0.200. The van der Waals surface area contributed by atoms with Crippen LogP contribution in [0, 0.1) is 0 Å². The van der Waals surface area contributed by atoms with Gasteiger partial charge in [-0.25, -0.2) is 0 Å². The van der Waals surface area contributed by atoms with Crippen molar-refractivity contribution in [1.82, 2.24) is 14.7 Å². The molecule has 1 unspecified atom stereocenters. The molecule has 0 aromatic heterocycles. The van der Waals surface area contributed by atoms with Crippen LogP contribution >= 0.6 is 0 Å². The van der Waals surface area contributed by atoms with Crippen LogP contribution in [0.2, 0.25) is 0 Å². The molecule has 3 rings (SSSR count). The topological polar surface area (TPSA) is 50.2 Å². The number of β-amino-alcohol motifs (C(OH)–C–C–N with tert-alkyl or cyclic N) is 2. The molecule has 0 aromatic rings. The maximum atomic E-state index is 9.11. The average molecular weight is 372 g/mol. The molecule has 3 heterocycles. The van der Waals surface area contributed by atoms with Gasteiger partial charge in [0, 0.05) is 44.3 Å². The van der Waals surface area contributed by atoms with E-state index in [0.29, 0.717) is 12.1 Å². The van der Waals surface area contributed by atoms with Gasteiger partial charge >= 0.3 is 0 Å². The summed E-state index contributed by atoms with van der Waals surface area (Å²) in [5.41, 5.74) is 0. The summed E-state index contributed by atoms with van der Waals surface area (Å²) in [4.78, 5) is 7.10. The minimum Gasteiger partial charge on any atom is -0.392 e. The van der Waals surface area contributed by atoms with Crippen molar-refractivity contribution < 1.29 is 10.2 Å². The Bertz CT molecular complexity index is 342. The lowest BCUT2D eigenvalue weighted by Gasteiger charge is -2.38. The summed E-state index contributed by atoms with van der Waals surface area (Å²) in [6.07, 6.45) is 5.13. The largest absolute Gasteiger partial charge is 0.392 e. The van der Waals surface area contributed by atoms with Gasteiger partial charge in [-0.15, -0.1) is 0 Å². The minimum atomic E-state index is -0.0626. The van der Waals surface area contributed by atoms with Crippen LogP contribution in [0.4, 0.5) is 0 Å². The van der Waals surface area contributed by atoms with Crippen LogP contribution in [0.5, 0.6) is 0 Å². The van der Waals surface area contributed by atoms with Gasteiger partial charge in [0.25, 0.3) is 0 Å². The molecule has 5 nitrogen and oxygen atoms in total. The Labute approximate surface area is 162 Å². The van der Waals surface area contributed by atoms with Gasteiger partial charge in [0.2, 0.25) is 0 Å². The number of likely N-dealkylation sites (tertiary alicyclic amines) is 3. The summed E-state index contributed by atoms with van der Waals surface area (Å²) in [7, 11) is 0. The van der Waals surface area contributed by atoms with E-state index in [-0.39, 0.29) is 12.2 Å². The van der Waals surface area contributed by atoms with Crippen molar-refractivity contribution in [3.8, 4) is 0 Å². The first-order valence-electron chi connectivity index (χ1n) is 10.8. The average Bonchev–Trinajstić information content (AvgIpc) is 3.00. The molecule has 156 valence electrons. The summed E-state index contributed by atoms with van der Waals surface area (Å²) < 4.78 is 0. The number of rotatable bonds is 3. The standard InChI is InChI=1S/C8H17N.C7H15NO.C6H13NO/c1-8(2)9-6-4-3-5-7-9;1-6(2)8-4-3-7(9)5-8;1-5(2)7-3-6(8)4-7/h8H,3-7H2,1-2H3;6-7,9H,3-5H2,1-2H3;5-6,8H,3-4H2,1-2H3. The molecular formula is C21H45N3O2. The number of aliphatic hydroxyl groups is 2. The first kappa shape index (κ1) is 23.8. The first-order valence-corrected chi connectivity index (χ1v) is 10.8. The zero-order valence-electron chi connectivity index (χ0n) is 18.2. The quantitative estimate of drug-likeness (QED) is 0.798. The van der Waals surface area contributed by atoms with E-state index in [1.807, 2.05) is 0 Å². The van der Waals surface area contributed by atoms with Crippen molar-refractivity contribution in [1.29, 1.82) is 0 Å². The van der Waals surface area contributed by atoms with Crippen molar-refractivity contribution in [2.75, 3.05) is 39.3 Å². The Morgan fingerprint density at radius 2 is 1.04 bits per heavy atom. The van der Waals surface area contributed by atoms with Gasteiger partial charge in [-0.1, -0.05) is 6.42 Å². The molecule has 0 amide bonds. The van der Waals surface area contributed by atoms with E-state index in [4.69, 9.17) is 10.2 Å². The second-order valence-corrected chi connectivity index (χ2v) is 8.92. The molecule has 2 N–H and O–H groups in total. The molecule has 0 aromatic carbocycles. The van der Waals surface area contributed by atoms with E-state index >= 15 is 0 Å². The molecule has 0 aliphatic carbocycles. The Morgan fingerprint density at radius 1 is 0.577 bits per heavy atom. The summed E-state index contributed by atoms with van der Waals surface area (Å²) >= 11 is 0. The van der Waals surface area contributed by atoms with E-state index in [2.05, 4.69) is 56.2 Å². The third-order valence-electron chi connectivity index (χ3n) is 5.67. The molecule has 0 radical (unpaired) electrons. The van der Waals surface area contributed by atoms with Gasteiger partial charge < -0.3 is 15.1 Å². The summed E-state index contributed by atoms with van der Waals surface area (Å²) in [5, 5.41) is 17.9. The molecule has 3 aliphatic heterocycles. The number of hydrogen-bond donors (Lipinski definition) is 2. The molecule has 3 aliphatic rings. The monoisotopic (exact) mass is 371 g/mol. The highest BCUT2D eigenvalue weighted by molar-refractivity contribution is 4.80. The SMILES string of the molecule is CC(C)N1CC(O)C1.CC(C)N1CCC(O)C1.CC(C)N1CCCCC1. The fourth-order valence-corrected chi connectivity index (χ4v) is 3.58. The maximum Gasteiger partial charge on any atom is 0.0794 e. The van der Waals surface area contributed by atoms with Crippen molar-refractivity contribution in [3.63, 3.8) is 0 Å². The van der Waals surface area contributed by atoms with Crippen molar-refractivity contribution in [2.24, 2.45) is 0 Å². The molecule has 5 heteroatoms. The lowest BCUT2D eigenvalue weighted by Crippen LogP contribution is -2.53. The highest BCUT2D eigenvalue weighted by Crippen LogP contribution is 2.12. The molecule has 0 spiro atoms. The van der Waals surface area contributed by atoms with E-state index < -0.39 is 0 Å². The number of piperidine rings is 1. The third-order valence-corrected chi connectivity index (χ3v) is 5.67. The van der Waals surface area contributed by atoms with Crippen LogP contribution < -0.4 is 0 Å². The highest BCUT2D eigenvalue weighted by Gasteiger charge is 2.25. The minimum absolute atomic E-state index is 0.0441. The van der Waals surface area contributed by atoms with Crippen LogP contribution in [0.1, 0.15) is 67.2 Å². The fraction of sp³-hybridized carbons (Fsp3) is 1.00. The summed E-state index contributed by atoms with van der Waals surface area (Å²) in [5.74, 6) is 0. The predicted octanol–water partition coefficient (Wildman–Crippen LogP) is 2.41. The second-order valence-electron chi connectivity index (χ2n) is 8.92. The molecule has 0 bridgehead atoms. The van der Waals surface area contributed by atoms with E-state index in [9.17, 15) is 0 Å². The summed E-state index contributed by atoms with van der Waals surface area (Å²) in [6, 6.07) is 1.98. The van der Waals surface area contributed by atoms with Crippen LogP contribution in [0.15, 0.2) is 0 Å². The van der Waals surface area contributed by atoms with Gasteiger partial charge in [0.05, 0.1) is 12.2 Å². The number of nitrogens with zero attached hydrogens (tertiary/aromatic N) is 3. The van der Waals surface area contributed by atoms with Gasteiger partial charge in [-0.3, -0.25) is 9.80 Å². The van der Waals surface area contributed by atoms with Gasteiger partial charge in [0.15, 0.2) is 0 Å². The van der Waals surface area contributed by atoms with Crippen LogP contribution in [0.3, 0.4) is 0 Å². The molecule has 26 heavy (non-hydrogen) atoms. The van der Waals surface area contributed by atoms with Gasteiger partial charge in [0.1, 0.15) is 0 Å². The lowest BCUT2D eigenvalue weighted by molar-refractivity contribution is -0.0161. The maximum absolute atomic E-state index is 9.11. The number of aliphatic hydroxyl groups excluding tert-OH is 2. The molecule has 3 fully saturated rings. The zero-order valence-corrected chi connectivity index (χ0v) is 18.2. The smallest absolute Gasteiger partial charge is 0.0794 e. The van der Waals surface area contributed by atoms with Crippen LogP contribution in [-0.2, 0) is 0 Å². The summed E-state index contributed by atoms with van der Waals surface area (Å²) in [6.45, 7) is 19.5. The third kappa shape index (κ3) is 9.14. The first-order chi connectivity index (χ1) is 12.2. The van der Waals surface area contributed by atoms with Crippen molar-refractivity contribution in [2.45, 2.75) is 97.6 Å². The van der Waals surface area contributed by atoms with Crippen LogP contribution in [-0.4, -0.2) is 94.5 Å². The second kappa shape index (κ2) is 12.3. The predicted molar refractivity (Wildman–Crippen MR) is 111 cm³/mol. The zero-order chi connectivity index (χ0) is 19.7. The van der Waals surface area contributed by atoms with Gasteiger partial charge in [-0.2, -0.15) is 0 Å².